The van der Waals surface area contributed by atoms with Crippen molar-refractivity contribution in [3.05, 3.63) is 52.7 Å². The Labute approximate surface area is 147 Å². The Kier molecular flexibility index (Phi) is 4.77. The van der Waals surface area contributed by atoms with Crippen LogP contribution in [-0.2, 0) is 14.6 Å². The molecule has 1 N–H and O–H groups in total. The first-order valence-corrected chi connectivity index (χ1v) is 9.85. The van der Waals surface area contributed by atoms with Gasteiger partial charge in [-0.1, -0.05) is 17.2 Å². The van der Waals surface area contributed by atoms with Crippen LogP contribution in [0.25, 0.3) is 17.5 Å². The first kappa shape index (κ1) is 17.1. The highest BCUT2D eigenvalue weighted by Gasteiger charge is 2.13. The fraction of sp³-hybridized carbons (Fsp3) is 0.0625. The summed E-state index contributed by atoms with van der Waals surface area (Å²) in [6.07, 6.45) is 4.15. The van der Waals surface area contributed by atoms with Crippen LogP contribution in [0.5, 0.6) is 0 Å². The molecule has 0 saturated heterocycles. The van der Waals surface area contributed by atoms with Crippen LogP contribution in [0.4, 0.5) is 6.01 Å². The van der Waals surface area contributed by atoms with Gasteiger partial charge >= 0.3 is 6.01 Å². The van der Waals surface area contributed by atoms with Crippen molar-refractivity contribution in [1.29, 1.82) is 0 Å². The molecule has 1 amide bonds. The molecule has 2 aromatic heterocycles. The summed E-state index contributed by atoms with van der Waals surface area (Å²) in [4.78, 5) is 12.9. The second kappa shape index (κ2) is 6.99. The maximum Gasteiger partial charge on any atom is 0.322 e. The maximum absolute atomic E-state index is 11.8. The van der Waals surface area contributed by atoms with Gasteiger partial charge in [-0.25, -0.2) is 8.42 Å². The average Bonchev–Trinajstić information content (AvgIpc) is 3.24. The van der Waals surface area contributed by atoms with Gasteiger partial charge in [0.2, 0.25) is 5.89 Å². The smallest absolute Gasteiger partial charge is 0.322 e. The molecule has 3 rings (SSSR count). The molecule has 2 heterocycles. The van der Waals surface area contributed by atoms with Crippen LogP contribution in [0.2, 0.25) is 0 Å². The van der Waals surface area contributed by atoms with Crippen molar-refractivity contribution in [2.45, 2.75) is 4.90 Å². The molecule has 0 aliphatic carbocycles. The molecule has 128 valence electrons. The summed E-state index contributed by atoms with van der Waals surface area (Å²) in [7, 11) is -3.34. The molecule has 7 nitrogen and oxygen atoms in total. The number of carbonyl (C=O) groups is 1. The van der Waals surface area contributed by atoms with Gasteiger partial charge in [-0.2, -0.15) is 0 Å². The van der Waals surface area contributed by atoms with E-state index in [1.165, 1.54) is 29.5 Å². The highest BCUT2D eigenvalue weighted by molar-refractivity contribution is 7.90. The van der Waals surface area contributed by atoms with Gasteiger partial charge in [-0.15, -0.1) is 16.4 Å². The van der Waals surface area contributed by atoms with E-state index in [4.69, 9.17) is 4.42 Å². The molecule has 0 radical (unpaired) electrons. The summed E-state index contributed by atoms with van der Waals surface area (Å²) in [6.45, 7) is 0. The molecule has 0 fully saturated rings. The summed E-state index contributed by atoms with van der Waals surface area (Å²) in [5, 5.41) is 11.9. The minimum absolute atomic E-state index is 0.0689. The van der Waals surface area contributed by atoms with Gasteiger partial charge < -0.3 is 4.42 Å². The van der Waals surface area contributed by atoms with Gasteiger partial charge in [0.25, 0.3) is 5.91 Å². The first-order chi connectivity index (χ1) is 11.9. The third kappa shape index (κ3) is 4.40. The van der Waals surface area contributed by atoms with Gasteiger partial charge in [0.1, 0.15) is 0 Å². The third-order valence-corrected chi connectivity index (χ3v) is 5.05. The molecule has 1 aromatic carbocycles. The van der Waals surface area contributed by atoms with Gasteiger partial charge in [0.15, 0.2) is 9.84 Å². The summed E-state index contributed by atoms with van der Waals surface area (Å²) in [5.41, 5.74) is 0.449. The summed E-state index contributed by atoms with van der Waals surface area (Å²) >= 11 is 1.51. The fourth-order valence-corrected chi connectivity index (χ4v) is 3.23. The van der Waals surface area contributed by atoms with E-state index in [1.54, 1.807) is 18.2 Å². The van der Waals surface area contributed by atoms with Crippen molar-refractivity contribution >= 4 is 39.2 Å². The highest BCUT2D eigenvalue weighted by atomic mass is 32.2. The fourth-order valence-electron chi connectivity index (χ4n) is 1.94. The Hall–Kier alpha value is -2.78. The minimum Gasteiger partial charge on any atom is -0.403 e. The number of nitrogens with zero attached hydrogens (tertiary/aromatic N) is 2. The van der Waals surface area contributed by atoms with Gasteiger partial charge in [0.05, 0.1) is 4.90 Å². The number of hydrogen-bond acceptors (Lipinski definition) is 7. The van der Waals surface area contributed by atoms with Crippen molar-refractivity contribution in [2.24, 2.45) is 0 Å². The zero-order valence-corrected chi connectivity index (χ0v) is 14.7. The zero-order chi connectivity index (χ0) is 17.9. The van der Waals surface area contributed by atoms with Crippen LogP contribution in [0, 0.1) is 0 Å². The van der Waals surface area contributed by atoms with E-state index in [-0.39, 0.29) is 16.8 Å². The molecule has 9 heteroatoms. The van der Waals surface area contributed by atoms with Crippen LogP contribution >= 0.6 is 11.3 Å². The number of carbonyl (C=O) groups excluding carboxylic acids is 1. The van der Waals surface area contributed by atoms with Crippen molar-refractivity contribution in [1.82, 2.24) is 10.2 Å². The van der Waals surface area contributed by atoms with Crippen molar-refractivity contribution in [3.63, 3.8) is 0 Å². The van der Waals surface area contributed by atoms with Crippen LogP contribution in [-0.4, -0.2) is 30.8 Å². The Bertz CT molecular complexity index is 1020. The van der Waals surface area contributed by atoms with Gasteiger partial charge in [-0.05, 0) is 35.7 Å². The van der Waals surface area contributed by atoms with E-state index in [2.05, 4.69) is 15.5 Å². The van der Waals surface area contributed by atoms with Gasteiger partial charge in [-0.3, -0.25) is 10.1 Å². The lowest BCUT2D eigenvalue weighted by Crippen LogP contribution is -2.07. The second-order valence-corrected chi connectivity index (χ2v) is 8.05. The van der Waals surface area contributed by atoms with Gasteiger partial charge in [0, 0.05) is 22.8 Å². The number of rotatable bonds is 5. The van der Waals surface area contributed by atoms with Crippen molar-refractivity contribution in [2.75, 3.05) is 11.6 Å². The lowest BCUT2D eigenvalue weighted by atomic mass is 10.2. The third-order valence-electron chi connectivity index (χ3n) is 3.11. The largest absolute Gasteiger partial charge is 0.403 e. The second-order valence-electron chi connectivity index (χ2n) is 5.05. The maximum atomic E-state index is 11.8. The van der Waals surface area contributed by atoms with Crippen LogP contribution in [0.1, 0.15) is 4.88 Å². The molecular formula is C16H13N3O4S2. The number of benzene rings is 1. The minimum atomic E-state index is -3.34. The summed E-state index contributed by atoms with van der Waals surface area (Å²) < 4.78 is 28.6. The normalized spacial score (nSPS) is 11.7. The number of hydrogen-bond donors (Lipinski definition) is 1. The molecule has 0 atom stereocenters. The molecule has 0 spiro atoms. The van der Waals surface area contributed by atoms with Crippen molar-refractivity contribution in [3.8, 4) is 11.5 Å². The number of thiophene rings is 1. The lowest BCUT2D eigenvalue weighted by molar-refractivity contribution is -0.112. The van der Waals surface area contributed by atoms with Crippen LogP contribution in [0.15, 0.2) is 57.2 Å². The molecule has 0 bridgehead atoms. The predicted octanol–water partition coefficient (Wildman–Crippen LogP) is 2.85. The number of aromatic nitrogens is 2. The molecule has 3 aromatic rings. The van der Waals surface area contributed by atoms with Crippen LogP contribution in [0.3, 0.4) is 0 Å². The summed E-state index contributed by atoms with van der Waals surface area (Å²) in [6, 6.07) is 9.84. The molecule has 0 unspecified atom stereocenters. The molecule has 25 heavy (non-hydrogen) atoms. The lowest BCUT2D eigenvalue weighted by Gasteiger charge is -1.99. The van der Waals surface area contributed by atoms with E-state index in [9.17, 15) is 13.2 Å². The predicted molar refractivity (Wildman–Crippen MR) is 94.8 cm³/mol. The van der Waals surface area contributed by atoms with E-state index in [0.717, 1.165) is 11.1 Å². The Morgan fingerprint density at radius 2 is 2.08 bits per heavy atom. The first-order valence-electron chi connectivity index (χ1n) is 7.08. The number of nitrogens with one attached hydrogen (secondary N) is 1. The SMILES string of the molecule is CS(=O)(=O)c1cccc(-c2nnc(NC(=O)C=Cc3cccs3)o2)c1. The monoisotopic (exact) mass is 375 g/mol. The van der Waals surface area contributed by atoms with E-state index in [0.29, 0.717) is 5.56 Å². The molecule has 0 aliphatic rings. The number of anilines is 1. The highest BCUT2D eigenvalue weighted by Crippen LogP contribution is 2.22. The van der Waals surface area contributed by atoms with Crippen molar-refractivity contribution < 1.29 is 17.6 Å². The number of sulfone groups is 1. The van der Waals surface area contributed by atoms with E-state index >= 15 is 0 Å². The zero-order valence-electron chi connectivity index (χ0n) is 13.0. The average molecular weight is 375 g/mol. The Morgan fingerprint density at radius 3 is 2.80 bits per heavy atom. The van der Waals surface area contributed by atoms with E-state index in [1.807, 2.05) is 17.5 Å². The molecule has 0 aliphatic heterocycles. The number of amides is 1. The topological polar surface area (TPSA) is 102 Å². The standard InChI is InChI=1S/C16H13N3O4S2/c1-25(21,22)13-6-2-4-11(10-13)15-18-19-16(23-15)17-14(20)8-7-12-5-3-9-24-12/h2-10H,1H3,(H,17,19,20). The molecule has 0 saturated carbocycles. The quantitative estimate of drug-likeness (QED) is 0.688. The summed E-state index contributed by atoms with van der Waals surface area (Å²) in [5.74, 6) is -0.295. The Balaban J connectivity index is 1.73. The molecular weight excluding hydrogens is 362 g/mol. The Morgan fingerprint density at radius 1 is 1.24 bits per heavy atom. The van der Waals surface area contributed by atoms with Crippen LogP contribution < -0.4 is 5.32 Å². The van der Waals surface area contributed by atoms with E-state index < -0.39 is 15.7 Å².